The van der Waals surface area contributed by atoms with Crippen molar-refractivity contribution >= 4 is 17.7 Å². The number of aromatic nitrogens is 1. The molecule has 0 saturated carbocycles. The largest absolute Gasteiger partial charge is 0.468 e. The summed E-state index contributed by atoms with van der Waals surface area (Å²) in [4.78, 5) is 30.1. The van der Waals surface area contributed by atoms with Gasteiger partial charge in [0, 0.05) is 37.0 Å². The number of anilines is 1. The minimum atomic E-state index is -4.46. The van der Waals surface area contributed by atoms with Crippen molar-refractivity contribution in [2.45, 2.75) is 44.9 Å². The lowest BCUT2D eigenvalue weighted by atomic mass is 9.98. The molecule has 1 aliphatic heterocycles. The maximum Gasteiger partial charge on any atom is 0.422 e. The van der Waals surface area contributed by atoms with Crippen LogP contribution >= 0.6 is 0 Å². The highest BCUT2D eigenvalue weighted by Crippen LogP contribution is 2.29. The molecule has 1 fully saturated rings. The summed E-state index contributed by atoms with van der Waals surface area (Å²) in [5.41, 5.74) is 1.25. The summed E-state index contributed by atoms with van der Waals surface area (Å²) in [6.45, 7) is 5.23. The summed E-state index contributed by atoms with van der Waals surface area (Å²) in [7, 11) is 0. The summed E-state index contributed by atoms with van der Waals surface area (Å²) < 4.78 is 46.5. The van der Waals surface area contributed by atoms with E-state index in [2.05, 4.69) is 15.0 Å². The van der Waals surface area contributed by atoms with Crippen molar-refractivity contribution in [3.8, 4) is 5.88 Å². The normalized spacial score (nSPS) is 16.4. The Bertz CT molecular complexity index is 970. The molecule has 2 aromatic rings. The SMILES string of the molecule is CC(C)(C)OC(=O)N1CCC(c2ccc(NC(=O)c3ccc(OCC(F)(F)F)nc3)cc2)C1. The Hall–Kier alpha value is -3.30. The fraction of sp³-hybridized carbons (Fsp3) is 0.435. The van der Waals surface area contributed by atoms with Gasteiger partial charge in [-0.15, -0.1) is 0 Å². The molecule has 2 heterocycles. The molecule has 0 spiro atoms. The molecule has 33 heavy (non-hydrogen) atoms. The van der Waals surface area contributed by atoms with Crippen LogP contribution < -0.4 is 10.1 Å². The van der Waals surface area contributed by atoms with Crippen molar-refractivity contribution in [1.82, 2.24) is 9.88 Å². The van der Waals surface area contributed by atoms with Gasteiger partial charge in [0.15, 0.2) is 6.61 Å². The van der Waals surface area contributed by atoms with E-state index in [9.17, 15) is 22.8 Å². The molecule has 1 atom stereocenters. The third-order valence-corrected chi connectivity index (χ3v) is 4.86. The van der Waals surface area contributed by atoms with Crippen molar-refractivity contribution in [3.63, 3.8) is 0 Å². The first-order valence-corrected chi connectivity index (χ1v) is 10.4. The van der Waals surface area contributed by atoms with Gasteiger partial charge >= 0.3 is 12.3 Å². The summed E-state index contributed by atoms with van der Waals surface area (Å²) in [5.74, 6) is -0.490. The summed E-state index contributed by atoms with van der Waals surface area (Å²) >= 11 is 0. The van der Waals surface area contributed by atoms with E-state index in [1.54, 1.807) is 17.0 Å². The Balaban J connectivity index is 1.53. The number of ether oxygens (including phenoxy) is 2. The van der Waals surface area contributed by atoms with E-state index in [1.807, 2.05) is 32.9 Å². The zero-order chi connectivity index (χ0) is 24.2. The van der Waals surface area contributed by atoms with Crippen molar-refractivity contribution in [3.05, 3.63) is 53.7 Å². The molecule has 10 heteroatoms. The van der Waals surface area contributed by atoms with E-state index < -0.39 is 24.3 Å². The van der Waals surface area contributed by atoms with Gasteiger partial charge in [0.1, 0.15) is 5.60 Å². The summed E-state index contributed by atoms with van der Waals surface area (Å²) in [5, 5.41) is 2.72. The third kappa shape index (κ3) is 7.37. The predicted molar refractivity (Wildman–Crippen MR) is 115 cm³/mol. The van der Waals surface area contributed by atoms with Crippen molar-refractivity contribution in [2.75, 3.05) is 25.0 Å². The second-order valence-corrected chi connectivity index (χ2v) is 8.78. The lowest BCUT2D eigenvalue weighted by Crippen LogP contribution is -2.35. The molecule has 0 aliphatic carbocycles. The smallest absolute Gasteiger partial charge is 0.422 e. The number of hydrogen-bond acceptors (Lipinski definition) is 5. The van der Waals surface area contributed by atoms with Gasteiger partial charge in [-0.2, -0.15) is 13.2 Å². The quantitative estimate of drug-likeness (QED) is 0.672. The van der Waals surface area contributed by atoms with Crippen LogP contribution in [0.15, 0.2) is 42.6 Å². The first-order chi connectivity index (χ1) is 15.4. The molecular formula is C23H26F3N3O4. The number of carbonyl (C=O) groups is 2. The Morgan fingerprint density at radius 3 is 2.39 bits per heavy atom. The Kier molecular flexibility index (Phi) is 7.14. The van der Waals surface area contributed by atoms with Gasteiger partial charge in [-0.1, -0.05) is 12.1 Å². The van der Waals surface area contributed by atoms with Crippen molar-refractivity contribution in [1.29, 1.82) is 0 Å². The number of nitrogens with zero attached hydrogens (tertiary/aromatic N) is 2. The number of halogens is 3. The van der Waals surface area contributed by atoms with Gasteiger partial charge in [0.25, 0.3) is 5.91 Å². The maximum absolute atomic E-state index is 12.4. The van der Waals surface area contributed by atoms with Crippen LogP contribution in [0, 0.1) is 0 Å². The van der Waals surface area contributed by atoms with Crippen molar-refractivity contribution in [2.24, 2.45) is 0 Å². The molecule has 1 aromatic carbocycles. The molecule has 1 saturated heterocycles. The monoisotopic (exact) mass is 465 g/mol. The van der Waals surface area contributed by atoms with Gasteiger partial charge in [-0.05, 0) is 51.0 Å². The zero-order valence-electron chi connectivity index (χ0n) is 18.6. The van der Waals surface area contributed by atoms with Crippen LogP contribution in [0.5, 0.6) is 5.88 Å². The second-order valence-electron chi connectivity index (χ2n) is 8.78. The average Bonchev–Trinajstić information content (AvgIpc) is 3.22. The Labute approximate surface area is 189 Å². The minimum Gasteiger partial charge on any atom is -0.468 e. The van der Waals surface area contributed by atoms with Crippen LogP contribution in [0.4, 0.5) is 23.7 Å². The van der Waals surface area contributed by atoms with Crippen LogP contribution in [-0.2, 0) is 4.74 Å². The van der Waals surface area contributed by atoms with Gasteiger partial charge in [-0.25, -0.2) is 9.78 Å². The van der Waals surface area contributed by atoms with Crippen LogP contribution in [0.3, 0.4) is 0 Å². The number of benzene rings is 1. The molecule has 178 valence electrons. The first-order valence-electron chi connectivity index (χ1n) is 10.4. The number of nitrogens with one attached hydrogen (secondary N) is 1. The second kappa shape index (κ2) is 9.68. The van der Waals surface area contributed by atoms with Gasteiger partial charge in [-0.3, -0.25) is 4.79 Å². The summed E-state index contributed by atoms with van der Waals surface area (Å²) in [6, 6.07) is 9.86. The molecule has 3 rings (SSSR count). The van der Waals surface area contributed by atoms with E-state index in [0.29, 0.717) is 18.8 Å². The first kappa shape index (κ1) is 24.3. The lowest BCUT2D eigenvalue weighted by molar-refractivity contribution is -0.154. The third-order valence-electron chi connectivity index (χ3n) is 4.86. The molecule has 1 unspecified atom stereocenters. The number of carbonyl (C=O) groups excluding carboxylic acids is 2. The fourth-order valence-corrected chi connectivity index (χ4v) is 3.32. The molecule has 0 radical (unpaired) electrons. The highest BCUT2D eigenvalue weighted by atomic mass is 19.4. The predicted octanol–water partition coefficient (Wildman–Crippen LogP) is 5.00. The maximum atomic E-state index is 12.4. The highest BCUT2D eigenvalue weighted by Gasteiger charge is 2.30. The number of rotatable bonds is 5. The number of likely N-dealkylation sites (tertiary alicyclic amines) is 1. The molecule has 1 aromatic heterocycles. The molecule has 0 bridgehead atoms. The van der Waals surface area contributed by atoms with Gasteiger partial charge in [0.05, 0.1) is 5.56 Å². The van der Waals surface area contributed by atoms with E-state index in [-0.39, 0.29) is 23.5 Å². The Morgan fingerprint density at radius 1 is 1.12 bits per heavy atom. The van der Waals surface area contributed by atoms with Crippen LogP contribution in [0.25, 0.3) is 0 Å². The van der Waals surface area contributed by atoms with E-state index >= 15 is 0 Å². The topological polar surface area (TPSA) is 80.8 Å². The standard InChI is InChI=1S/C23H26F3N3O4/c1-22(2,3)33-21(31)29-11-10-17(13-29)15-4-7-18(8-5-15)28-20(30)16-6-9-19(27-12-16)32-14-23(24,25)26/h4-9,12,17H,10-11,13-14H2,1-3H3,(H,28,30). The van der Waals surface area contributed by atoms with E-state index in [4.69, 9.17) is 4.74 Å². The van der Waals surface area contributed by atoms with E-state index in [1.165, 1.54) is 12.1 Å². The van der Waals surface area contributed by atoms with Crippen LogP contribution in [0.2, 0.25) is 0 Å². The zero-order valence-corrected chi connectivity index (χ0v) is 18.6. The average molecular weight is 465 g/mol. The number of alkyl halides is 3. The molecule has 1 N–H and O–H groups in total. The molecule has 2 amide bonds. The number of amides is 2. The molecule has 7 nitrogen and oxygen atoms in total. The van der Waals surface area contributed by atoms with Crippen LogP contribution in [0.1, 0.15) is 49.0 Å². The number of hydrogen-bond donors (Lipinski definition) is 1. The van der Waals surface area contributed by atoms with E-state index in [0.717, 1.165) is 18.2 Å². The van der Waals surface area contributed by atoms with Crippen molar-refractivity contribution < 1.29 is 32.2 Å². The minimum absolute atomic E-state index is 0.177. The Morgan fingerprint density at radius 2 is 1.82 bits per heavy atom. The molecule has 1 aliphatic rings. The summed E-state index contributed by atoms with van der Waals surface area (Å²) in [6.07, 6.45) is -2.81. The van der Waals surface area contributed by atoms with Gasteiger partial charge < -0.3 is 19.7 Å². The highest BCUT2D eigenvalue weighted by molar-refractivity contribution is 6.04. The number of pyridine rings is 1. The fourth-order valence-electron chi connectivity index (χ4n) is 3.32. The molecular weight excluding hydrogens is 439 g/mol. The lowest BCUT2D eigenvalue weighted by Gasteiger charge is -2.24. The van der Waals surface area contributed by atoms with Gasteiger partial charge in [0.2, 0.25) is 5.88 Å². The van der Waals surface area contributed by atoms with Crippen LogP contribution in [-0.4, -0.2) is 53.4 Å².